The van der Waals surface area contributed by atoms with E-state index in [4.69, 9.17) is 11.5 Å². The van der Waals surface area contributed by atoms with Crippen LogP contribution in [0.4, 0.5) is 22.7 Å². The van der Waals surface area contributed by atoms with Crippen molar-refractivity contribution in [2.45, 2.75) is 19.4 Å². The number of rotatable bonds is 8. The van der Waals surface area contributed by atoms with Gasteiger partial charge in [0, 0.05) is 56.6 Å². The van der Waals surface area contributed by atoms with E-state index in [9.17, 15) is 10.2 Å². The number of anilines is 4. The van der Waals surface area contributed by atoms with Gasteiger partial charge in [0.1, 0.15) is 0 Å². The van der Waals surface area contributed by atoms with Crippen LogP contribution in [-0.4, -0.2) is 37.5 Å². The quantitative estimate of drug-likeness (QED) is 0.466. The summed E-state index contributed by atoms with van der Waals surface area (Å²) in [5, 5.41) is 21.9. The highest BCUT2D eigenvalue weighted by molar-refractivity contribution is 5.67. The number of nitrogens with one attached hydrogen (secondary N) is 1. The molecule has 6 heteroatoms. The molecule has 0 aliphatic rings. The van der Waals surface area contributed by atoms with E-state index < -0.39 is 0 Å². The fourth-order valence-corrected chi connectivity index (χ4v) is 2.88. The lowest BCUT2D eigenvalue weighted by Gasteiger charge is -2.19. The molecule has 0 saturated carbocycles. The lowest BCUT2D eigenvalue weighted by Crippen LogP contribution is -2.13. The average Bonchev–Trinajstić information content (AvgIpc) is 2.59. The molecule has 136 valence electrons. The van der Waals surface area contributed by atoms with Crippen molar-refractivity contribution in [1.82, 2.24) is 0 Å². The summed E-state index contributed by atoms with van der Waals surface area (Å²) in [6.07, 6.45) is 0.889. The van der Waals surface area contributed by atoms with Crippen molar-refractivity contribution >= 4 is 22.7 Å². The Morgan fingerprint density at radius 2 is 1.60 bits per heavy atom. The summed E-state index contributed by atoms with van der Waals surface area (Å²) in [5.41, 5.74) is 18.4. The fraction of sp³-hybridized carbons (Fsp3) is 0.368. The molecule has 6 nitrogen and oxygen atoms in total. The molecule has 0 heterocycles. The molecule has 2 rings (SSSR count). The zero-order valence-electron chi connectivity index (χ0n) is 14.9. The van der Waals surface area contributed by atoms with Crippen molar-refractivity contribution < 1.29 is 10.2 Å². The van der Waals surface area contributed by atoms with Crippen molar-refractivity contribution in [2.75, 3.05) is 49.0 Å². The van der Waals surface area contributed by atoms with Crippen LogP contribution in [0.2, 0.25) is 0 Å². The van der Waals surface area contributed by atoms with Crippen molar-refractivity contribution in [2.24, 2.45) is 0 Å². The molecule has 0 aliphatic heterocycles. The molecule has 0 atom stereocenters. The SMILES string of the molecule is CN(C)c1ccc(NCc2c(N)cc(CCO)c(N)c2CCO)cc1. The van der Waals surface area contributed by atoms with E-state index in [0.29, 0.717) is 30.8 Å². The predicted octanol–water partition coefficient (Wildman–Crippen LogP) is 1.60. The van der Waals surface area contributed by atoms with E-state index in [1.54, 1.807) is 0 Å². The Morgan fingerprint density at radius 1 is 0.960 bits per heavy atom. The van der Waals surface area contributed by atoms with Crippen LogP contribution in [0.25, 0.3) is 0 Å². The second kappa shape index (κ2) is 8.60. The predicted molar refractivity (Wildman–Crippen MR) is 105 cm³/mol. The first-order chi connectivity index (χ1) is 12.0. The third-order valence-electron chi connectivity index (χ3n) is 4.31. The van der Waals surface area contributed by atoms with Crippen LogP contribution in [0.15, 0.2) is 30.3 Å². The van der Waals surface area contributed by atoms with Gasteiger partial charge in [-0.2, -0.15) is 0 Å². The molecule has 2 aromatic carbocycles. The standard InChI is InChI=1S/C19H28N4O2/c1-23(2)15-5-3-14(4-6-15)22-12-17-16(8-10-25)19(21)13(7-9-24)11-18(17)20/h3-6,11,22,24-25H,7-10,12,20-21H2,1-2H3. The number of hydrogen-bond donors (Lipinski definition) is 5. The number of aliphatic hydroxyl groups excluding tert-OH is 2. The van der Waals surface area contributed by atoms with Gasteiger partial charge in [0.15, 0.2) is 0 Å². The van der Waals surface area contributed by atoms with Crippen LogP contribution in [-0.2, 0) is 19.4 Å². The topological polar surface area (TPSA) is 108 Å². The normalized spacial score (nSPS) is 10.7. The van der Waals surface area contributed by atoms with Crippen LogP contribution in [0.5, 0.6) is 0 Å². The maximum atomic E-state index is 9.38. The highest BCUT2D eigenvalue weighted by Gasteiger charge is 2.14. The van der Waals surface area contributed by atoms with Gasteiger partial charge >= 0.3 is 0 Å². The van der Waals surface area contributed by atoms with Gasteiger partial charge in [-0.05, 0) is 59.9 Å². The Labute approximate surface area is 149 Å². The largest absolute Gasteiger partial charge is 0.398 e. The number of hydrogen-bond acceptors (Lipinski definition) is 6. The van der Waals surface area contributed by atoms with E-state index in [2.05, 4.69) is 5.32 Å². The fourth-order valence-electron chi connectivity index (χ4n) is 2.88. The third-order valence-corrected chi connectivity index (χ3v) is 4.31. The second-order valence-corrected chi connectivity index (χ2v) is 6.24. The molecule has 0 saturated heterocycles. The third kappa shape index (κ3) is 4.55. The van der Waals surface area contributed by atoms with E-state index in [0.717, 1.165) is 28.1 Å². The Bertz CT molecular complexity index is 700. The molecule has 0 aromatic heterocycles. The molecule has 0 bridgehead atoms. The number of nitrogen functional groups attached to an aromatic ring is 2. The smallest absolute Gasteiger partial charge is 0.0472 e. The molecule has 0 radical (unpaired) electrons. The Morgan fingerprint density at radius 3 is 2.16 bits per heavy atom. The molecule has 25 heavy (non-hydrogen) atoms. The van der Waals surface area contributed by atoms with Crippen LogP contribution in [0.3, 0.4) is 0 Å². The summed E-state index contributed by atoms with van der Waals surface area (Å²) in [6, 6.07) is 9.93. The van der Waals surface area contributed by atoms with Gasteiger partial charge in [-0.15, -0.1) is 0 Å². The Kier molecular flexibility index (Phi) is 6.50. The summed E-state index contributed by atoms with van der Waals surface area (Å²) in [6.45, 7) is 0.529. The first kappa shape index (κ1) is 18.9. The molecule has 0 fully saturated rings. The minimum atomic E-state index is -0.00322. The minimum Gasteiger partial charge on any atom is -0.398 e. The van der Waals surface area contributed by atoms with Gasteiger partial charge in [0.25, 0.3) is 0 Å². The second-order valence-electron chi connectivity index (χ2n) is 6.24. The molecular formula is C19H28N4O2. The van der Waals surface area contributed by atoms with Crippen molar-refractivity contribution in [3.05, 3.63) is 47.0 Å². The highest BCUT2D eigenvalue weighted by atomic mass is 16.3. The zero-order valence-corrected chi connectivity index (χ0v) is 14.9. The molecule has 0 amide bonds. The molecule has 0 unspecified atom stereocenters. The summed E-state index contributed by atoms with van der Waals surface area (Å²) in [7, 11) is 4.00. The highest BCUT2D eigenvalue weighted by Crippen LogP contribution is 2.29. The number of aliphatic hydroxyl groups is 2. The lowest BCUT2D eigenvalue weighted by molar-refractivity contribution is 0.298. The monoisotopic (exact) mass is 344 g/mol. The maximum absolute atomic E-state index is 9.38. The van der Waals surface area contributed by atoms with Crippen LogP contribution >= 0.6 is 0 Å². The zero-order chi connectivity index (χ0) is 18.4. The number of nitrogens with two attached hydrogens (primary N) is 2. The number of benzene rings is 2. The van der Waals surface area contributed by atoms with E-state index in [-0.39, 0.29) is 13.2 Å². The van der Waals surface area contributed by atoms with Crippen LogP contribution in [0, 0.1) is 0 Å². The van der Waals surface area contributed by atoms with Crippen molar-refractivity contribution in [3.63, 3.8) is 0 Å². The molecule has 0 spiro atoms. The summed E-state index contributed by atoms with van der Waals surface area (Å²) < 4.78 is 0. The first-order valence-corrected chi connectivity index (χ1v) is 8.39. The van der Waals surface area contributed by atoms with Crippen LogP contribution in [0.1, 0.15) is 16.7 Å². The van der Waals surface area contributed by atoms with Gasteiger partial charge < -0.3 is 31.9 Å². The van der Waals surface area contributed by atoms with Crippen molar-refractivity contribution in [3.8, 4) is 0 Å². The van der Waals surface area contributed by atoms with Gasteiger partial charge in [0.2, 0.25) is 0 Å². The molecule has 2 aromatic rings. The van der Waals surface area contributed by atoms with Gasteiger partial charge in [-0.1, -0.05) is 0 Å². The average molecular weight is 344 g/mol. The van der Waals surface area contributed by atoms with E-state index in [1.165, 1.54) is 0 Å². The summed E-state index contributed by atoms with van der Waals surface area (Å²) >= 11 is 0. The molecule has 7 N–H and O–H groups in total. The number of nitrogens with zero attached hydrogens (tertiary/aromatic N) is 1. The van der Waals surface area contributed by atoms with Gasteiger partial charge in [0.05, 0.1) is 0 Å². The molecule has 0 aliphatic carbocycles. The Balaban J connectivity index is 2.24. The maximum Gasteiger partial charge on any atom is 0.0472 e. The van der Waals surface area contributed by atoms with E-state index in [1.807, 2.05) is 49.3 Å². The Hall–Kier alpha value is -2.44. The molecular weight excluding hydrogens is 316 g/mol. The lowest BCUT2D eigenvalue weighted by atomic mass is 9.95. The van der Waals surface area contributed by atoms with Crippen LogP contribution < -0.4 is 21.7 Å². The van der Waals surface area contributed by atoms with Crippen molar-refractivity contribution in [1.29, 1.82) is 0 Å². The summed E-state index contributed by atoms with van der Waals surface area (Å²) in [4.78, 5) is 2.04. The summed E-state index contributed by atoms with van der Waals surface area (Å²) in [5.74, 6) is 0. The minimum absolute atomic E-state index is 0.00322. The van der Waals surface area contributed by atoms with Gasteiger partial charge in [-0.25, -0.2) is 0 Å². The first-order valence-electron chi connectivity index (χ1n) is 8.39. The van der Waals surface area contributed by atoms with E-state index >= 15 is 0 Å². The van der Waals surface area contributed by atoms with Gasteiger partial charge in [-0.3, -0.25) is 0 Å².